The predicted molar refractivity (Wildman–Crippen MR) is 92.4 cm³/mol. The fourth-order valence-corrected chi connectivity index (χ4v) is 3.78. The average Bonchev–Trinajstić information content (AvgIpc) is 2.61. The van der Waals surface area contributed by atoms with Gasteiger partial charge in [0.2, 0.25) is 5.91 Å². The van der Waals surface area contributed by atoms with Gasteiger partial charge < -0.3 is 20.1 Å². The van der Waals surface area contributed by atoms with Crippen LogP contribution in [-0.2, 0) is 14.3 Å². The number of ether oxygens (including phenoxy) is 2. The highest BCUT2D eigenvalue weighted by atomic mass is 16.5. The van der Waals surface area contributed by atoms with Crippen molar-refractivity contribution in [3.05, 3.63) is 35.9 Å². The van der Waals surface area contributed by atoms with E-state index in [2.05, 4.69) is 0 Å². The van der Waals surface area contributed by atoms with Crippen LogP contribution in [0.2, 0.25) is 0 Å². The van der Waals surface area contributed by atoms with Gasteiger partial charge in [0.05, 0.1) is 19.3 Å². The number of rotatable bonds is 4. The molecule has 24 heavy (non-hydrogen) atoms. The molecule has 1 aliphatic heterocycles. The first-order valence-electron chi connectivity index (χ1n) is 8.76. The van der Waals surface area contributed by atoms with E-state index in [0.29, 0.717) is 32.7 Å². The molecule has 5 heteroatoms. The number of hydrogen-bond donors (Lipinski definition) is 1. The van der Waals surface area contributed by atoms with Crippen LogP contribution in [0.25, 0.3) is 0 Å². The van der Waals surface area contributed by atoms with Gasteiger partial charge in [-0.2, -0.15) is 0 Å². The fourth-order valence-electron chi connectivity index (χ4n) is 3.78. The van der Waals surface area contributed by atoms with Crippen LogP contribution in [0.4, 0.5) is 0 Å². The van der Waals surface area contributed by atoms with Crippen LogP contribution in [-0.4, -0.2) is 48.8 Å². The van der Waals surface area contributed by atoms with Crippen LogP contribution in [0.5, 0.6) is 0 Å². The zero-order valence-electron chi connectivity index (χ0n) is 14.8. The van der Waals surface area contributed by atoms with E-state index < -0.39 is 5.54 Å². The summed E-state index contributed by atoms with van der Waals surface area (Å²) in [6.07, 6.45) is 0.542. The molecule has 0 bridgehead atoms. The highest BCUT2D eigenvalue weighted by molar-refractivity contribution is 5.89. The summed E-state index contributed by atoms with van der Waals surface area (Å²) >= 11 is 0. The summed E-state index contributed by atoms with van der Waals surface area (Å²) in [5.74, 6) is 0.0210. The lowest BCUT2D eigenvalue weighted by atomic mass is 9.54. The Hall–Kier alpha value is -1.43. The van der Waals surface area contributed by atoms with Crippen LogP contribution < -0.4 is 5.73 Å². The van der Waals surface area contributed by atoms with E-state index in [4.69, 9.17) is 15.2 Å². The first-order chi connectivity index (χ1) is 11.4. The number of nitrogens with zero attached hydrogens (tertiary/aromatic N) is 1. The van der Waals surface area contributed by atoms with Gasteiger partial charge in [-0.15, -0.1) is 0 Å². The van der Waals surface area contributed by atoms with Gasteiger partial charge in [-0.1, -0.05) is 44.2 Å². The van der Waals surface area contributed by atoms with Gasteiger partial charge in [0.1, 0.15) is 11.6 Å². The van der Waals surface area contributed by atoms with Crippen molar-refractivity contribution in [2.24, 2.45) is 11.1 Å². The quantitative estimate of drug-likeness (QED) is 0.917. The molecule has 2 N–H and O–H groups in total. The number of nitrogens with two attached hydrogens (primary N) is 1. The molecule has 2 aliphatic rings. The molecule has 1 saturated carbocycles. The molecule has 1 amide bonds. The van der Waals surface area contributed by atoms with Crippen LogP contribution >= 0.6 is 0 Å². The van der Waals surface area contributed by atoms with E-state index in [-0.39, 0.29) is 23.5 Å². The van der Waals surface area contributed by atoms with Crippen molar-refractivity contribution in [2.75, 3.05) is 26.3 Å². The Bertz CT molecular complexity index is 590. The molecule has 3 unspecified atom stereocenters. The molecule has 132 valence electrons. The van der Waals surface area contributed by atoms with Gasteiger partial charge in [0.25, 0.3) is 0 Å². The summed E-state index contributed by atoms with van der Waals surface area (Å²) in [6.45, 7) is 8.37. The largest absolute Gasteiger partial charge is 0.378 e. The second kappa shape index (κ2) is 6.47. The Kier molecular flexibility index (Phi) is 4.69. The molecule has 0 spiro atoms. The normalized spacial score (nSPS) is 32.2. The number of carbonyl (C=O) groups excluding carboxylic acids is 1. The third-order valence-electron chi connectivity index (χ3n) is 5.74. The van der Waals surface area contributed by atoms with Gasteiger partial charge in [-0.25, -0.2) is 0 Å². The number of hydrogen-bond acceptors (Lipinski definition) is 4. The lowest BCUT2D eigenvalue weighted by Crippen LogP contribution is -2.76. The van der Waals surface area contributed by atoms with Gasteiger partial charge in [-0.05, 0) is 12.5 Å². The molecule has 5 nitrogen and oxygen atoms in total. The molecular weight excluding hydrogens is 304 g/mol. The summed E-state index contributed by atoms with van der Waals surface area (Å²) in [4.78, 5) is 15.0. The van der Waals surface area contributed by atoms with Crippen molar-refractivity contribution in [1.82, 2.24) is 4.90 Å². The Morgan fingerprint density at radius 3 is 2.71 bits per heavy atom. The fraction of sp³-hybridized carbons (Fsp3) is 0.632. The Balaban J connectivity index is 1.71. The Labute approximate surface area is 144 Å². The lowest BCUT2D eigenvalue weighted by molar-refractivity contribution is -0.184. The van der Waals surface area contributed by atoms with Gasteiger partial charge >= 0.3 is 0 Å². The minimum absolute atomic E-state index is 0.0210. The molecule has 1 aromatic carbocycles. The van der Waals surface area contributed by atoms with E-state index in [1.807, 2.05) is 56.0 Å². The monoisotopic (exact) mass is 332 g/mol. The molecule has 3 atom stereocenters. The van der Waals surface area contributed by atoms with E-state index in [1.165, 1.54) is 0 Å². The van der Waals surface area contributed by atoms with Crippen LogP contribution in [0.15, 0.2) is 30.3 Å². The molecule has 1 aliphatic carbocycles. The van der Waals surface area contributed by atoms with E-state index in [0.717, 1.165) is 5.56 Å². The van der Waals surface area contributed by atoms with Crippen molar-refractivity contribution in [3.8, 4) is 0 Å². The van der Waals surface area contributed by atoms with Gasteiger partial charge in [0.15, 0.2) is 0 Å². The highest BCUT2D eigenvalue weighted by Gasteiger charge is 2.63. The smallest absolute Gasteiger partial charge is 0.243 e. The van der Waals surface area contributed by atoms with Crippen molar-refractivity contribution in [3.63, 3.8) is 0 Å². The third kappa shape index (κ3) is 2.75. The lowest BCUT2D eigenvalue weighted by Gasteiger charge is -2.59. The molecule has 1 aromatic rings. The SMILES string of the molecule is CCOC1CC(N)(C(=O)N2CCOC(c3ccccc3)C2)C1(C)C. The third-order valence-corrected chi connectivity index (χ3v) is 5.74. The molecule has 1 heterocycles. The van der Waals surface area contributed by atoms with Crippen molar-refractivity contribution < 1.29 is 14.3 Å². The molecule has 0 radical (unpaired) electrons. The van der Waals surface area contributed by atoms with E-state index in [9.17, 15) is 4.79 Å². The topological polar surface area (TPSA) is 64.8 Å². The van der Waals surface area contributed by atoms with Crippen molar-refractivity contribution in [2.45, 2.75) is 44.9 Å². The zero-order valence-corrected chi connectivity index (χ0v) is 14.8. The van der Waals surface area contributed by atoms with Crippen molar-refractivity contribution >= 4 is 5.91 Å². The summed E-state index contributed by atoms with van der Waals surface area (Å²) in [5, 5.41) is 0. The number of carbonyl (C=O) groups is 1. The van der Waals surface area contributed by atoms with Crippen molar-refractivity contribution in [1.29, 1.82) is 0 Å². The summed E-state index contributed by atoms with van der Waals surface area (Å²) in [5.41, 5.74) is 6.43. The average molecular weight is 332 g/mol. The number of morpholine rings is 1. The molecule has 0 aromatic heterocycles. The minimum atomic E-state index is -0.856. The summed E-state index contributed by atoms with van der Waals surface area (Å²) in [7, 11) is 0. The number of amides is 1. The van der Waals surface area contributed by atoms with Gasteiger partial charge in [0, 0.05) is 25.0 Å². The second-order valence-electron chi connectivity index (χ2n) is 7.36. The molecular formula is C19H28N2O3. The summed E-state index contributed by atoms with van der Waals surface area (Å²) in [6, 6.07) is 10.0. The molecule has 1 saturated heterocycles. The van der Waals surface area contributed by atoms with Crippen LogP contribution in [0.3, 0.4) is 0 Å². The Morgan fingerprint density at radius 1 is 1.38 bits per heavy atom. The van der Waals surface area contributed by atoms with E-state index in [1.54, 1.807) is 0 Å². The van der Waals surface area contributed by atoms with Crippen LogP contribution in [0.1, 0.15) is 38.9 Å². The zero-order chi connectivity index (χ0) is 17.4. The van der Waals surface area contributed by atoms with Crippen LogP contribution in [0, 0.1) is 5.41 Å². The number of benzene rings is 1. The molecule has 3 rings (SSSR count). The highest BCUT2D eigenvalue weighted by Crippen LogP contribution is 2.50. The maximum atomic E-state index is 13.1. The standard InChI is InChI=1S/C19H28N2O3/c1-4-23-16-12-19(20,18(16,2)3)17(22)21-10-11-24-15(13-21)14-8-6-5-7-9-14/h5-9,15-16H,4,10-13,20H2,1-3H3. The van der Waals surface area contributed by atoms with Gasteiger partial charge in [-0.3, -0.25) is 4.79 Å². The maximum Gasteiger partial charge on any atom is 0.243 e. The first-order valence-corrected chi connectivity index (χ1v) is 8.76. The van der Waals surface area contributed by atoms with E-state index >= 15 is 0 Å². The molecule has 2 fully saturated rings. The summed E-state index contributed by atoms with van der Waals surface area (Å²) < 4.78 is 11.6. The second-order valence-corrected chi connectivity index (χ2v) is 7.36. The first kappa shape index (κ1) is 17.4. The maximum absolute atomic E-state index is 13.1. The minimum Gasteiger partial charge on any atom is -0.378 e. The Morgan fingerprint density at radius 2 is 2.08 bits per heavy atom. The predicted octanol–water partition coefficient (Wildman–Crippen LogP) is 2.12.